The molecule has 15 aromatic rings. The number of hydrogen-bond acceptors (Lipinski definition) is 3. The molecular formula is C68H42N2O2. The first kappa shape index (κ1) is 40.3. The van der Waals surface area contributed by atoms with Gasteiger partial charge in [0.15, 0.2) is 0 Å². The molecule has 0 saturated heterocycles. The van der Waals surface area contributed by atoms with Crippen molar-refractivity contribution in [1.29, 1.82) is 0 Å². The number of pyridine rings is 1. The van der Waals surface area contributed by atoms with Crippen LogP contribution in [0.25, 0.3) is 126 Å². The highest BCUT2D eigenvalue weighted by atomic mass is 16.3. The summed E-state index contributed by atoms with van der Waals surface area (Å²) < 4.78 is 15.4. The number of benzene rings is 11. The molecule has 0 aliphatic heterocycles. The number of nitrogens with zero attached hydrogens (tertiary/aromatic N) is 2. The maximum absolute atomic E-state index is 6.44. The van der Waals surface area contributed by atoms with Crippen LogP contribution in [0.15, 0.2) is 264 Å². The fraction of sp³-hybridized carbons (Fsp3) is 0. The highest BCUT2D eigenvalue weighted by Gasteiger charge is 2.22. The van der Waals surface area contributed by atoms with E-state index in [1.165, 1.54) is 60.3 Å². The van der Waals surface area contributed by atoms with Gasteiger partial charge in [-0.1, -0.05) is 176 Å². The highest BCUT2D eigenvalue weighted by molar-refractivity contribution is 6.24. The number of anilines is 3. The summed E-state index contributed by atoms with van der Waals surface area (Å²) in [6, 6.07) is 91.7. The van der Waals surface area contributed by atoms with Gasteiger partial charge in [-0.3, -0.25) is 0 Å². The summed E-state index contributed by atoms with van der Waals surface area (Å²) >= 11 is 0. The Morgan fingerprint density at radius 2 is 0.764 bits per heavy atom. The Hall–Kier alpha value is -9.64. The lowest BCUT2D eigenvalue weighted by Crippen LogP contribution is -2.09. The predicted octanol–water partition coefficient (Wildman–Crippen LogP) is 19.3. The van der Waals surface area contributed by atoms with E-state index in [-0.39, 0.29) is 0 Å². The van der Waals surface area contributed by atoms with E-state index in [0.29, 0.717) is 0 Å². The summed E-state index contributed by atoms with van der Waals surface area (Å²) in [6.45, 7) is 0. The minimum Gasteiger partial charge on any atom is -0.456 e. The Morgan fingerprint density at radius 3 is 1.46 bits per heavy atom. The topological polar surface area (TPSA) is 33.9 Å². The van der Waals surface area contributed by atoms with Crippen LogP contribution in [0.3, 0.4) is 0 Å². The van der Waals surface area contributed by atoms with Crippen molar-refractivity contribution < 1.29 is 8.83 Å². The van der Waals surface area contributed by atoms with Crippen molar-refractivity contribution in [3.63, 3.8) is 0 Å². The first-order valence-electron chi connectivity index (χ1n) is 24.6. The van der Waals surface area contributed by atoms with Gasteiger partial charge < -0.3 is 18.1 Å². The SMILES string of the molecule is c1ccc(-c2c3ccccc3n3c4cccc(-c5ccc(-c6cccc(-c7cccc(N(c8ccc9c(c8)oc8ccccc89)c8ccc9c(c8)oc8ccccc89)c7)c6)cc5)c4c4ccccc4c23)cc1. The van der Waals surface area contributed by atoms with Crippen molar-refractivity contribution >= 4 is 99.0 Å². The second kappa shape index (κ2) is 16.0. The zero-order valence-corrected chi connectivity index (χ0v) is 39.0. The standard InChI is InChI=1S/C68H42N2O2/c1-2-15-45(16-3-1)66-59-25-6-9-27-60(59)70-61-28-14-26-52(67(61)57-23-4-5-24-58(57)68(66)70)44-33-31-43(32-34-44)46-17-12-18-47(39-46)48-19-13-20-49(40-48)69(50-35-37-55-53-21-7-10-29-62(53)71-64(55)41-50)51-36-38-56-54-22-8-11-30-63(54)72-65(56)42-51/h1-42H. The molecule has 11 aromatic carbocycles. The van der Waals surface area contributed by atoms with Crippen molar-refractivity contribution in [3.05, 3.63) is 255 Å². The molecule has 4 heteroatoms. The number of fused-ring (bicyclic) bond motifs is 14. The number of furan rings is 2. The number of hydrogen-bond donors (Lipinski definition) is 0. The largest absolute Gasteiger partial charge is 0.456 e. The molecule has 4 aromatic heterocycles. The summed E-state index contributed by atoms with van der Waals surface area (Å²) in [5.74, 6) is 0. The van der Waals surface area contributed by atoms with Crippen LogP contribution in [0.5, 0.6) is 0 Å². The molecule has 0 spiro atoms. The molecule has 0 unspecified atom stereocenters. The van der Waals surface area contributed by atoms with Gasteiger partial charge in [-0.05, 0) is 111 Å². The fourth-order valence-corrected chi connectivity index (χ4v) is 11.5. The van der Waals surface area contributed by atoms with Crippen LogP contribution in [-0.2, 0) is 0 Å². The van der Waals surface area contributed by atoms with Crippen LogP contribution in [0.2, 0.25) is 0 Å². The molecule has 4 nitrogen and oxygen atoms in total. The Morgan fingerprint density at radius 1 is 0.278 bits per heavy atom. The van der Waals surface area contributed by atoms with E-state index in [9.17, 15) is 0 Å². The van der Waals surface area contributed by atoms with Crippen LogP contribution >= 0.6 is 0 Å². The summed E-state index contributed by atoms with van der Waals surface area (Å²) in [7, 11) is 0. The van der Waals surface area contributed by atoms with Crippen molar-refractivity contribution in [1.82, 2.24) is 4.40 Å². The average Bonchev–Trinajstić information content (AvgIpc) is 4.13. The van der Waals surface area contributed by atoms with E-state index >= 15 is 0 Å². The van der Waals surface area contributed by atoms with E-state index in [1.54, 1.807) is 0 Å². The Bertz CT molecular complexity index is 4520. The van der Waals surface area contributed by atoms with Gasteiger partial charge >= 0.3 is 0 Å². The average molecular weight is 919 g/mol. The molecule has 0 N–H and O–H groups in total. The van der Waals surface area contributed by atoms with Gasteiger partial charge in [0.05, 0.1) is 16.6 Å². The van der Waals surface area contributed by atoms with Gasteiger partial charge in [0.25, 0.3) is 0 Å². The fourth-order valence-electron chi connectivity index (χ4n) is 11.5. The minimum absolute atomic E-state index is 0.844. The third kappa shape index (κ3) is 6.26. The molecule has 0 saturated carbocycles. The van der Waals surface area contributed by atoms with Gasteiger partial charge in [-0.25, -0.2) is 0 Å². The Balaban J connectivity index is 0.819. The summed E-state index contributed by atoms with van der Waals surface area (Å²) in [5, 5.41) is 9.40. The number of rotatable bonds is 7. The molecule has 4 heterocycles. The van der Waals surface area contributed by atoms with Crippen LogP contribution in [0, 0.1) is 0 Å². The van der Waals surface area contributed by atoms with Gasteiger partial charge in [0.2, 0.25) is 0 Å². The normalized spacial score (nSPS) is 11.9. The lowest BCUT2D eigenvalue weighted by atomic mass is 9.93. The predicted molar refractivity (Wildman–Crippen MR) is 301 cm³/mol. The molecule has 0 aliphatic carbocycles. The van der Waals surface area contributed by atoms with Crippen molar-refractivity contribution in [2.45, 2.75) is 0 Å². The van der Waals surface area contributed by atoms with Crippen LogP contribution < -0.4 is 4.90 Å². The summed E-state index contributed by atoms with van der Waals surface area (Å²) in [5.41, 5.74) is 19.6. The van der Waals surface area contributed by atoms with Gasteiger partial charge in [0, 0.05) is 72.5 Å². The van der Waals surface area contributed by atoms with Crippen molar-refractivity contribution in [2.75, 3.05) is 4.90 Å². The van der Waals surface area contributed by atoms with Crippen molar-refractivity contribution in [3.8, 4) is 44.5 Å². The monoisotopic (exact) mass is 918 g/mol. The summed E-state index contributed by atoms with van der Waals surface area (Å²) in [4.78, 5) is 2.30. The van der Waals surface area contributed by atoms with Gasteiger partial charge in [-0.15, -0.1) is 0 Å². The first-order valence-corrected chi connectivity index (χ1v) is 24.6. The zero-order chi connectivity index (χ0) is 47.3. The number of aromatic nitrogens is 1. The lowest BCUT2D eigenvalue weighted by molar-refractivity contribution is 0.669. The van der Waals surface area contributed by atoms with E-state index in [0.717, 1.165) is 83.2 Å². The third-order valence-corrected chi connectivity index (χ3v) is 14.7. The second-order valence-electron chi connectivity index (χ2n) is 18.8. The molecule has 0 radical (unpaired) electrons. The molecular weight excluding hydrogens is 877 g/mol. The Kier molecular flexibility index (Phi) is 8.92. The molecule has 0 aliphatic rings. The summed E-state index contributed by atoms with van der Waals surface area (Å²) in [6.07, 6.45) is 0. The minimum atomic E-state index is 0.844. The van der Waals surface area contributed by atoms with Crippen LogP contribution in [-0.4, -0.2) is 4.40 Å². The molecule has 0 fully saturated rings. The van der Waals surface area contributed by atoms with E-state index in [2.05, 4.69) is 240 Å². The maximum Gasteiger partial charge on any atom is 0.137 e. The molecule has 15 rings (SSSR count). The van der Waals surface area contributed by atoms with Crippen molar-refractivity contribution in [2.24, 2.45) is 0 Å². The quantitative estimate of drug-likeness (QED) is 0.149. The zero-order valence-electron chi connectivity index (χ0n) is 39.0. The third-order valence-electron chi connectivity index (χ3n) is 14.7. The second-order valence-corrected chi connectivity index (χ2v) is 18.8. The number of para-hydroxylation sites is 3. The Labute approximate surface area is 414 Å². The molecule has 0 amide bonds. The molecule has 0 bridgehead atoms. The van der Waals surface area contributed by atoms with Crippen LogP contribution in [0.4, 0.5) is 17.1 Å². The smallest absolute Gasteiger partial charge is 0.137 e. The van der Waals surface area contributed by atoms with Gasteiger partial charge in [-0.2, -0.15) is 0 Å². The highest BCUT2D eigenvalue weighted by Crippen LogP contribution is 2.46. The first-order chi connectivity index (χ1) is 35.7. The molecule has 0 atom stereocenters. The molecule has 72 heavy (non-hydrogen) atoms. The van der Waals surface area contributed by atoms with Crippen LogP contribution in [0.1, 0.15) is 0 Å². The maximum atomic E-state index is 6.44. The van der Waals surface area contributed by atoms with Gasteiger partial charge in [0.1, 0.15) is 22.3 Å². The van der Waals surface area contributed by atoms with E-state index < -0.39 is 0 Å². The van der Waals surface area contributed by atoms with E-state index in [4.69, 9.17) is 8.83 Å². The lowest BCUT2D eigenvalue weighted by Gasteiger charge is -2.26. The van der Waals surface area contributed by atoms with E-state index in [1.807, 2.05) is 24.3 Å². The molecule has 336 valence electrons.